The van der Waals surface area contributed by atoms with Crippen LogP contribution >= 0.6 is 11.6 Å². The van der Waals surface area contributed by atoms with E-state index in [1.165, 1.54) is 4.57 Å². The van der Waals surface area contributed by atoms with Crippen LogP contribution in [-0.2, 0) is 13.6 Å². The molecule has 30 heavy (non-hydrogen) atoms. The number of aromatic amines is 1. The van der Waals surface area contributed by atoms with Crippen LogP contribution in [0.15, 0.2) is 33.9 Å². The Morgan fingerprint density at radius 3 is 2.63 bits per heavy atom. The number of piperazine rings is 1. The molecule has 11 heteroatoms. The summed E-state index contributed by atoms with van der Waals surface area (Å²) in [6.45, 7) is 3.07. The smallest absolute Gasteiger partial charge is 0.329 e. The van der Waals surface area contributed by atoms with E-state index in [4.69, 9.17) is 16.3 Å². The molecule has 1 atom stereocenters. The maximum atomic E-state index is 12.6. The van der Waals surface area contributed by atoms with Gasteiger partial charge in [-0.05, 0) is 24.3 Å². The van der Waals surface area contributed by atoms with Crippen molar-refractivity contribution in [1.29, 1.82) is 0 Å². The van der Waals surface area contributed by atoms with Crippen LogP contribution in [0.25, 0.3) is 11.2 Å². The van der Waals surface area contributed by atoms with Gasteiger partial charge in [-0.15, -0.1) is 0 Å². The van der Waals surface area contributed by atoms with Crippen LogP contribution in [0.5, 0.6) is 5.75 Å². The largest absolute Gasteiger partial charge is 0.491 e. The van der Waals surface area contributed by atoms with Gasteiger partial charge in [-0.1, -0.05) is 11.6 Å². The van der Waals surface area contributed by atoms with E-state index in [1.807, 2.05) is 4.90 Å². The van der Waals surface area contributed by atoms with Crippen LogP contribution in [0.3, 0.4) is 0 Å². The third-order valence-corrected chi connectivity index (χ3v) is 5.29. The van der Waals surface area contributed by atoms with Gasteiger partial charge in [0.2, 0.25) is 5.95 Å². The van der Waals surface area contributed by atoms with E-state index in [0.717, 1.165) is 13.1 Å². The van der Waals surface area contributed by atoms with E-state index in [9.17, 15) is 14.7 Å². The lowest BCUT2D eigenvalue weighted by Crippen LogP contribution is -2.45. The Bertz CT molecular complexity index is 1150. The molecule has 3 N–H and O–H groups in total. The number of H-pyrrole nitrogens is 1. The fraction of sp³-hybridized carbons (Fsp3) is 0.421. The Kier molecular flexibility index (Phi) is 5.80. The Hall–Kier alpha value is -2.82. The molecule has 0 radical (unpaired) electrons. The quantitative estimate of drug-likeness (QED) is 0.497. The van der Waals surface area contributed by atoms with Gasteiger partial charge in [0.15, 0.2) is 11.2 Å². The van der Waals surface area contributed by atoms with E-state index in [-0.39, 0.29) is 24.3 Å². The number of nitrogens with zero attached hydrogens (tertiary/aromatic N) is 4. The number of imidazole rings is 1. The molecular weight excluding hydrogens is 412 g/mol. The van der Waals surface area contributed by atoms with Gasteiger partial charge < -0.3 is 24.6 Å². The third kappa shape index (κ3) is 4.07. The van der Waals surface area contributed by atoms with Crippen molar-refractivity contribution >= 4 is 28.7 Å². The van der Waals surface area contributed by atoms with Gasteiger partial charge in [0.25, 0.3) is 5.56 Å². The number of anilines is 1. The van der Waals surface area contributed by atoms with Gasteiger partial charge in [0.05, 0.1) is 6.54 Å². The molecule has 0 spiro atoms. The first-order chi connectivity index (χ1) is 14.4. The molecule has 160 valence electrons. The number of aromatic nitrogens is 4. The summed E-state index contributed by atoms with van der Waals surface area (Å²) in [5.41, 5.74) is -0.539. The van der Waals surface area contributed by atoms with Crippen molar-refractivity contribution in [2.24, 2.45) is 7.05 Å². The predicted octanol–water partition coefficient (Wildman–Crippen LogP) is -0.0738. The second-order valence-corrected chi connectivity index (χ2v) is 7.61. The molecule has 1 aromatic carbocycles. The first-order valence-electron chi connectivity index (χ1n) is 9.65. The molecule has 0 amide bonds. The lowest BCUT2D eigenvalue weighted by atomic mass is 10.3. The summed E-state index contributed by atoms with van der Waals surface area (Å²) in [7, 11) is 1.56. The molecule has 0 saturated carbocycles. The zero-order chi connectivity index (χ0) is 21.3. The van der Waals surface area contributed by atoms with Gasteiger partial charge in [0, 0.05) is 38.2 Å². The minimum Gasteiger partial charge on any atom is -0.491 e. The second-order valence-electron chi connectivity index (χ2n) is 7.17. The number of nitrogens with one attached hydrogen (secondary N) is 2. The first kappa shape index (κ1) is 20.5. The maximum absolute atomic E-state index is 12.6. The van der Waals surface area contributed by atoms with Crippen molar-refractivity contribution in [2.45, 2.75) is 12.6 Å². The van der Waals surface area contributed by atoms with E-state index < -0.39 is 17.4 Å². The average molecular weight is 435 g/mol. The Labute approximate surface area is 176 Å². The zero-order valence-electron chi connectivity index (χ0n) is 16.5. The fourth-order valence-electron chi connectivity index (χ4n) is 3.49. The molecule has 3 aromatic rings. The number of aryl methyl sites for hydroxylation is 1. The summed E-state index contributed by atoms with van der Waals surface area (Å²) in [6.07, 6.45) is -0.906. The predicted molar refractivity (Wildman–Crippen MR) is 114 cm³/mol. The van der Waals surface area contributed by atoms with Crippen LogP contribution < -0.4 is 26.2 Å². The van der Waals surface area contributed by atoms with Crippen LogP contribution in [0.4, 0.5) is 5.95 Å². The standard InChI is InChI=1S/C19H23ClN6O4/c1-24-16-15(17(28)23-19(24)29)26(18(22-16)25-8-6-21-7-9-25)10-13(27)11-30-14-4-2-12(20)3-5-14/h2-5,13,21,27H,6-11H2,1H3,(H,23,28,29). The summed E-state index contributed by atoms with van der Waals surface area (Å²) in [5.74, 6) is 1.13. The van der Waals surface area contributed by atoms with Gasteiger partial charge in [-0.25, -0.2) is 4.79 Å². The van der Waals surface area contributed by atoms with Crippen molar-refractivity contribution < 1.29 is 9.84 Å². The molecule has 0 aliphatic carbocycles. The number of rotatable bonds is 6. The minimum absolute atomic E-state index is 0.0198. The van der Waals surface area contributed by atoms with Crippen LogP contribution in [0.2, 0.25) is 5.02 Å². The average Bonchev–Trinajstić information content (AvgIpc) is 3.12. The lowest BCUT2D eigenvalue weighted by Gasteiger charge is -2.29. The summed E-state index contributed by atoms with van der Waals surface area (Å²) < 4.78 is 8.60. The molecule has 1 saturated heterocycles. The van der Waals surface area contributed by atoms with Gasteiger partial charge in [-0.3, -0.25) is 14.3 Å². The summed E-state index contributed by atoms with van der Waals surface area (Å²) >= 11 is 5.87. The van der Waals surface area contributed by atoms with Crippen molar-refractivity contribution in [1.82, 2.24) is 24.4 Å². The van der Waals surface area contributed by atoms with Crippen molar-refractivity contribution in [3.05, 3.63) is 50.1 Å². The van der Waals surface area contributed by atoms with Gasteiger partial charge in [-0.2, -0.15) is 4.98 Å². The van der Waals surface area contributed by atoms with E-state index >= 15 is 0 Å². The summed E-state index contributed by atoms with van der Waals surface area (Å²) in [6, 6.07) is 6.84. The lowest BCUT2D eigenvalue weighted by molar-refractivity contribution is 0.0936. The second kappa shape index (κ2) is 8.50. The topological polar surface area (TPSA) is 117 Å². The highest BCUT2D eigenvalue weighted by Crippen LogP contribution is 2.21. The number of fused-ring (bicyclic) bond motifs is 1. The van der Waals surface area contributed by atoms with E-state index in [2.05, 4.69) is 15.3 Å². The maximum Gasteiger partial charge on any atom is 0.329 e. The summed E-state index contributed by atoms with van der Waals surface area (Å²) in [4.78, 5) is 33.5. The Balaban J connectivity index is 1.65. The highest BCUT2D eigenvalue weighted by Gasteiger charge is 2.24. The van der Waals surface area contributed by atoms with Crippen molar-refractivity contribution in [2.75, 3.05) is 37.7 Å². The Morgan fingerprint density at radius 1 is 1.23 bits per heavy atom. The minimum atomic E-state index is -0.906. The number of hydrogen-bond acceptors (Lipinski definition) is 7. The van der Waals surface area contributed by atoms with Crippen molar-refractivity contribution in [3.8, 4) is 5.75 Å². The van der Waals surface area contributed by atoms with Crippen LogP contribution in [-0.4, -0.2) is 63.1 Å². The molecule has 10 nitrogen and oxygen atoms in total. The third-order valence-electron chi connectivity index (χ3n) is 5.04. The number of ether oxygens (including phenoxy) is 1. The van der Waals surface area contributed by atoms with Crippen LogP contribution in [0.1, 0.15) is 0 Å². The number of benzene rings is 1. The molecule has 2 aromatic heterocycles. The number of hydrogen-bond donors (Lipinski definition) is 3. The molecular formula is C19H23ClN6O4. The molecule has 0 bridgehead atoms. The van der Waals surface area contributed by atoms with E-state index in [0.29, 0.717) is 29.8 Å². The Morgan fingerprint density at radius 2 is 1.93 bits per heavy atom. The number of aliphatic hydroxyl groups excluding tert-OH is 1. The SMILES string of the molecule is Cn1c(=O)[nH]c(=O)c2c1nc(N1CCNCC1)n2CC(O)COc1ccc(Cl)cc1. The molecule has 3 heterocycles. The highest BCUT2D eigenvalue weighted by molar-refractivity contribution is 6.30. The zero-order valence-corrected chi connectivity index (χ0v) is 17.2. The molecule has 1 aliphatic rings. The van der Waals surface area contributed by atoms with Gasteiger partial charge >= 0.3 is 5.69 Å². The molecule has 4 rings (SSSR count). The molecule has 1 aliphatic heterocycles. The number of halogens is 1. The monoisotopic (exact) mass is 434 g/mol. The fourth-order valence-corrected chi connectivity index (χ4v) is 3.61. The van der Waals surface area contributed by atoms with E-state index in [1.54, 1.807) is 35.9 Å². The van der Waals surface area contributed by atoms with Crippen LogP contribution in [0, 0.1) is 0 Å². The number of aliphatic hydroxyl groups is 1. The molecule has 1 fully saturated rings. The highest BCUT2D eigenvalue weighted by atomic mass is 35.5. The normalized spacial score (nSPS) is 15.5. The van der Waals surface area contributed by atoms with Crippen molar-refractivity contribution in [3.63, 3.8) is 0 Å². The summed E-state index contributed by atoms with van der Waals surface area (Å²) in [5, 5.41) is 14.5. The van der Waals surface area contributed by atoms with Gasteiger partial charge in [0.1, 0.15) is 18.5 Å². The molecule has 1 unspecified atom stereocenters. The first-order valence-corrected chi connectivity index (χ1v) is 10.0.